The van der Waals surface area contributed by atoms with E-state index in [1.54, 1.807) is 0 Å². The minimum Gasteiger partial charge on any atom is -0.391 e. The van der Waals surface area contributed by atoms with Gasteiger partial charge in [0, 0.05) is 25.4 Å². The number of aromatic amines is 1. The highest BCUT2D eigenvalue weighted by atomic mass is 16.3. The Morgan fingerprint density at radius 1 is 1.32 bits per heavy atom. The maximum atomic E-state index is 12.7. The van der Waals surface area contributed by atoms with Gasteiger partial charge in [-0.25, -0.2) is 4.98 Å². The van der Waals surface area contributed by atoms with Crippen LogP contribution in [0.1, 0.15) is 44.5 Å². The molecule has 0 unspecified atom stereocenters. The van der Waals surface area contributed by atoms with E-state index in [9.17, 15) is 14.7 Å². The molecule has 0 saturated carbocycles. The van der Waals surface area contributed by atoms with E-state index in [0.29, 0.717) is 38.8 Å². The summed E-state index contributed by atoms with van der Waals surface area (Å²) in [5, 5.41) is 13.2. The van der Waals surface area contributed by atoms with Crippen LogP contribution in [0.4, 0.5) is 0 Å². The third kappa shape index (κ3) is 4.90. The van der Waals surface area contributed by atoms with Crippen molar-refractivity contribution in [1.82, 2.24) is 20.2 Å². The fraction of sp³-hybridized carbons (Fsp3) is 0.571. The Labute approximate surface area is 165 Å². The van der Waals surface area contributed by atoms with Crippen LogP contribution in [0.3, 0.4) is 0 Å². The summed E-state index contributed by atoms with van der Waals surface area (Å²) in [4.78, 5) is 34.0. The zero-order valence-electron chi connectivity index (χ0n) is 16.9. The number of rotatable bonds is 5. The normalized spacial score (nSPS) is 20.4. The third-order valence-corrected chi connectivity index (χ3v) is 5.37. The van der Waals surface area contributed by atoms with Crippen LogP contribution < -0.4 is 5.32 Å². The lowest BCUT2D eigenvalue weighted by Gasteiger charge is -2.22. The van der Waals surface area contributed by atoms with Gasteiger partial charge in [0.2, 0.25) is 11.8 Å². The molecule has 2 atom stereocenters. The first kappa shape index (κ1) is 20.3. The Kier molecular flexibility index (Phi) is 6.34. The summed E-state index contributed by atoms with van der Waals surface area (Å²) in [5.74, 6) is 0.784. The first-order valence-corrected chi connectivity index (χ1v) is 10.0. The Hall–Kier alpha value is -2.41. The number of hydrogen-bond donors (Lipinski definition) is 3. The van der Waals surface area contributed by atoms with Gasteiger partial charge in [0.25, 0.3) is 0 Å². The number of aromatic nitrogens is 2. The number of benzene rings is 1. The van der Waals surface area contributed by atoms with Crippen LogP contribution in [0, 0.1) is 12.8 Å². The molecule has 7 nitrogen and oxygen atoms in total. The maximum absolute atomic E-state index is 12.7. The number of amides is 2. The molecule has 1 aromatic heterocycles. The highest BCUT2D eigenvalue weighted by Gasteiger charge is 2.28. The second kappa shape index (κ2) is 8.73. The number of hydrogen-bond acceptors (Lipinski definition) is 4. The van der Waals surface area contributed by atoms with Crippen molar-refractivity contribution in [3.05, 3.63) is 29.6 Å². The number of nitrogens with one attached hydrogen (secondary N) is 2. The quantitative estimate of drug-likeness (QED) is 0.731. The second-order valence-electron chi connectivity index (χ2n) is 7.97. The lowest BCUT2D eigenvalue weighted by molar-refractivity contribution is -0.131. The highest BCUT2D eigenvalue weighted by molar-refractivity contribution is 5.79. The minimum absolute atomic E-state index is 0.0618. The molecule has 0 bridgehead atoms. The summed E-state index contributed by atoms with van der Waals surface area (Å²) >= 11 is 0. The number of likely N-dealkylation sites (tertiary alicyclic amines) is 1. The molecule has 0 aliphatic carbocycles. The summed E-state index contributed by atoms with van der Waals surface area (Å²) in [5.41, 5.74) is 3.02. The minimum atomic E-state index is -0.619. The molecule has 2 amide bonds. The van der Waals surface area contributed by atoms with Crippen LogP contribution >= 0.6 is 0 Å². The number of carbonyl (C=O) groups is 2. The van der Waals surface area contributed by atoms with Crippen molar-refractivity contribution in [2.45, 2.75) is 58.6 Å². The van der Waals surface area contributed by atoms with Crippen LogP contribution in [0.5, 0.6) is 0 Å². The molecule has 28 heavy (non-hydrogen) atoms. The standard InChI is InChI=1S/C21H30N4O3/c1-13(2)21(28)24-17-8-10-25(11-9-19(17)26)20(27)7-5-15-4-6-16-18(12-15)23-14(3)22-16/h4,6,12-13,17,19,26H,5,7-11H2,1-3H3,(H,22,23)(H,24,28)/t17-,19-/m0/s1. The van der Waals surface area contributed by atoms with E-state index in [-0.39, 0.29) is 23.8 Å². The predicted octanol–water partition coefficient (Wildman–Crippen LogP) is 1.93. The summed E-state index contributed by atoms with van der Waals surface area (Å²) < 4.78 is 0. The molecule has 0 radical (unpaired) electrons. The highest BCUT2D eigenvalue weighted by Crippen LogP contribution is 2.17. The van der Waals surface area contributed by atoms with E-state index in [1.165, 1.54) is 0 Å². The predicted molar refractivity (Wildman–Crippen MR) is 108 cm³/mol. The third-order valence-electron chi connectivity index (χ3n) is 5.37. The van der Waals surface area contributed by atoms with Gasteiger partial charge < -0.3 is 20.3 Å². The van der Waals surface area contributed by atoms with Crippen molar-refractivity contribution in [3.63, 3.8) is 0 Å². The summed E-state index contributed by atoms with van der Waals surface area (Å²) in [6.45, 7) is 6.66. The van der Waals surface area contributed by atoms with Gasteiger partial charge in [-0.1, -0.05) is 19.9 Å². The average molecular weight is 386 g/mol. The Morgan fingerprint density at radius 2 is 2.07 bits per heavy atom. The molecule has 0 spiro atoms. The van der Waals surface area contributed by atoms with Crippen molar-refractivity contribution >= 4 is 22.8 Å². The SMILES string of the molecule is Cc1nc2ccc(CCC(=O)N3CC[C@H](NC(=O)C(C)C)[C@@H](O)CC3)cc2[nH]1. The summed E-state index contributed by atoms with van der Waals surface area (Å²) in [6.07, 6.45) is 1.53. The van der Waals surface area contributed by atoms with Crippen LogP contribution in [0.2, 0.25) is 0 Å². The van der Waals surface area contributed by atoms with Crippen LogP contribution in [0.15, 0.2) is 18.2 Å². The van der Waals surface area contributed by atoms with Crippen LogP contribution in [-0.4, -0.2) is 57.0 Å². The van der Waals surface area contributed by atoms with E-state index in [2.05, 4.69) is 15.3 Å². The summed E-state index contributed by atoms with van der Waals surface area (Å²) in [6, 6.07) is 5.74. The van der Waals surface area contributed by atoms with Gasteiger partial charge in [-0.3, -0.25) is 9.59 Å². The van der Waals surface area contributed by atoms with Gasteiger partial charge in [-0.05, 0) is 43.9 Å². The van der Waals surface area contributed by atoms with Gasteiger partial charge in [0.1, 0.15) is 5.82 Å². The fourth-order valence-electron chi connectivity index (χ4n) is 3.60. The molecule has 2 aromatic rings. The van der Waals surface area contributed by atoms with Crippen molar-refractivity contribution in [1.29, 1.82) is 0 Å². The number of aliphatic hydroxyl groups is 1. The van der Waals surface area contributed by atoms with Gasteiger partial charge in [-0.2, -0.15) is 0 Å². The van der Waals surface area contributed by atoms with Gasteiger partial charge >= 0.3 is 0 Å². The lowest BCUT2D eigenvalue weighted by atomic mass is 10.1. The van der Waals surface area contributed by atoms with E-state index in [4.69, 9.17) is 0 Å². The largest absolute Gasteiger partial charge is 0.391 e. The number of imidazole rings is 1. The molecule has 2 heterocycles. The molecule has 3 rings (SSSR count). The lowest BCUT2D eigenvalue weighted by Crippen LogP contribution is -2.44. The number of H-pyrrole nitrogens is 1. The van der Waals surface area contributed by atoms with Gasteiger partial charge in [0.15, 0.2) is 0 Å². The first-order chi connectivity index (χ1) is 13.3. The molecule has 1 saturated heterocycles. The van der Waals surface area contributed by atoms with Crippen LogP contribution in [-0.2, 0) is 16.0 Å². The Morgan fingerprint density at radius 3 is 2.82 bits per heavy atom. The number of nitrogens with zero attached hydrogens (tertiary/aromatic N) is 2. The molecule has 152 valence electrons. The van der Waals surface area contributed by atoms with Crippen molar-refractivity contribution < 1.29 is 14.7 Å². The molecule has 7 heteroatoms. The fourth-order valence-corrected chi connectivity index (χ4v) is 3.60. The number of carbonyl (C=O) groups excluding carboxylic acids is 2. The molecular formula is C21H30N4O3. The average Bonchev–Trinajstić information content (AvgIpc) is 2.93. The van der Waals surface area contributed by atoms with Gasteiger partial charge in [0.05, 0.1) is 23.2 Å². The molecule has 1 fully saturated rings. The van der Waals surface area contributed by atoms with Crippen molar-refractivity contribution in [2.24, 2.45) is 5.92 Å². The number of aliphatic hydroxyl groups excluding tert-OH is 1. The van der Waals surface area contributed by atoms with E-state index in [0.717, 1.165) is 22.4 Å². The topological polar surface area (TPSA) is 98.3 Å². The monoisotopic (exact) mass is 386 g/mol. The molecule has 1 aromatic carbocycles. The molecule has 3 N–H and O–H groups in total. The number of fused-ring (bicyclic) bond motifs is 1. The molecule has 1 aliphatic rings. The van der Waals surface area contributed by atoms with E-state index >= 15 is 0 Å². The molecular weight excluding hydrogens is 356 g/mol. The van der Waals surface area contributed by atoms with E-state index < -0.39 is 6.10 Å². The van der Waals surface area contributed by atoms with Crippen molar-refractivity contribution in [2.75, 3.05) is 13.1 Å². The second-order valence-corrected chi connectivity index (χ2v) is 7.97. The Bertz CT molecular complexity index is 845. The zero-order valence-corrected chi connectivity index (χ0v) is 16.9. The smallest absolute Gasteiger partial charge is 0.222 e. The summed E-state index contributed by atoms with van der Waals surface area (Å²) in [7, 11) is 0. The van der Waals surface area contributed by atoms with Gasteiger partial charge in [-0.15, -0.1) is 0 Å². The van der Waals surface area contributed by atoms with Crippen molar-refractivity contribution in [3.8, 4) is 0 Å². The van der Waals surface area contributed by atoms with E-state index in [1.807, 2.05) is 43.9 Å². The zero-order chi connectivity index (χ0) is 20.3. The first-order valence-electron chi connectivity index (χ1n) is 10.0. The van der Waals surface area contributed by atoms with Crippen LogP contribution in [0.25, 0.3) is 11.0 Å². The Balaban J connectivity index is 1.54. The maximum Gasteiger partial charge on any atom is 0.222 e. The molecule has 1 aliphatic heterocycles. The number of aryl methyl sites for hydroxylation is 2.